The maximum absolute atomic E-state index is 12.6. The van der Waals surface area contributed by atoms with Crippen LogP contribution in [-0.2, 0) is 11.3 Å². The molecule has 1 aromatic carbocycles. The van der Waals surface area contributed by atoms with Crippen LogP contribution in [0.15, 0.2) is 24.3 Å². The summed E-state index contributed by atoms with van der Waals surface area (Å²) in [5.74, 6) is 2.87. The van der Waals surface area contributed by atoms with Crippen LogP contribution in [0.5, 0.6) is 0 Å². The molecule has 2 aliphatic carbocycles. The van der Waals surface area contributed by atoms with Crippen molar-refractivity contribution >= 4 is 17.5 Å². The summed E-state index contributed by atoms with van der Waals surface area (Å²) < 4.78 is 0. The standard InChI is InChI=1S/C20H27ClN2O/c21-19-5-2-15(3-6-19)14-22-7-9-23(10-8-22)20(24)13-18-12-16-1-4-17(18)11-16/h2-3,5-6,16-18H,1,4,7-14H2. The van der Waals surface area contributed by atoms with Crippen molar-refractivity contribution < 1.29 is 4.79 Å². The van der Waals surface area contributed by atoms with Crippen LogP contribution < -0.4 is 0 Å². The number of hydrogen-bond donors (Lipinski definition) is 0. The first kappa shape index (κ1) is 16.4. The maximum Gasteiger partial charge on any atom is 0.222 e. The third kappa shape index (κ3) is 3.62. The van der Waals surface area contributed by atoms with E-state index in [1.807, 2.05) is 12.1 Å². The second-order valence-electron chi connectivity index (χ2n) is 7.92. The largest absolute Gasteiger partial charge is 0.340 e. The number of carbonyl (C=O) groups is 1. The number of fused-ring (bicyclic) bond motifs is 2. The Balaban J connectivity index is 1.23. The average Bonchev–Trinajstić information content (AvgIpc) is 3.20. The number of hydrogen-bond acceptors (Lipinski definition) is 2. The average molecular weight is 347 g/mol. The van der Waals surface area contributed by atoms with Crippen molar-refractivity contribution in [3.05, 3.63) is 34.9 Å². The third-order valence-corrected chi connectivity index (χ3v) is 6.62. The number of benzene rings is 1. The zero-order valence-corrected chi connectivity index (χ0v) is 15.0. The lowest BCUT2D eigenvalue weighted by Crippen LogP contribution is -2.48. The van der Waals surface area contributed by atoms with Gasteiger partial charge in [0.2, 0.25) is 5.91 Å². The van der Waals surface area contributed by atoms with Gasteiger partial charge in [0, 0.05) is 44.2 Å². The molecule has 1 aromatic rings. The SMILES string of the molecule is O=C(CC1CC2CCC1C2)N1CCN(Cc2ccc(Cl)cc2)CC1. The van der Waals surface area contributed by atoms with E-state index in [0.29, 0.717) is 11.8 Å². The first-order chi connectivity index (χ1) is 11.7. The van der Waals surface area contributed by atoms with E-state index in [0.717, 1.165) is 56.0 Å². The second-order valence-corrected chi connectivity index (χ2v) is 8.36. The Morgan fingerprint density at radius 3 is 2.42 bits per heavy atom. The summed E-state index contributed by atoms with van der Waals surface area (Å²) in [6.45, 7) is 4.67. The topological polar surface area (TPSA) is 23.6 Å². The minimum Gasteiger partial charge on any atom is -0.340 e. The van der Waals surface area contributed by atoms with Crippen molar-refractivity contribution in [2.24, 2.45) is 17.8 Å². The molecule has 130 valence electrons. The summed E-state index contributed by atoms with van der Waals surface area (Å²) in [5.41, 5.74) is 1.29. The van der Waals surface area contributed by atoms with Gasteiger partial charge in [0.1, 0.15) is 0 Å². The fourth-order valence-corrected chi connectivity index (χ4v) is 5.11. The fraction of sp³-hybridized carbons (Fsp3) is 0.650. The molecule has 1 saturated heterocycles. The lowest BCUT2D eigenvalue weighted by Gasteiger charge is -2.35. The number of piperazine rings is 1. The number of carbonyl (C=O) groups excluding carboxylic acids is 1. The van der Waals surface area contributed by atoms with Gasteiger partial charge < -0.3 is 4.90 Å². The summed E-state index contributed by atoms with van der Waals surface area (Å²) in [7, 11) is 0. The van der Waals surface area contributed by atoms with Crippen LogP contribution in [0, 0.1) is 17.8 Å². The minimum absolute atomic E-state index is 0.402. The van der Waals surface area contributed by atoms with Gasteiger partial charge in [0.05, 0.1) is 0 Å². The van der Waals surface area contributed by atoms with Crippen LogP contribution in [0.3, 0.4) is 0 Å². The Morgan fingerprint density at radius 2 is 1.79 bits per heavy atom. The zero-order valence-electron chi connectivity index (χ0n) is 14.3. The van der Waals surface area contributed by atoms with Gasteiger partial charge in [-0.2, -0.15) is 0 Å². The molecule has 3 atom stereocenters. The molecule has 3 fully saturated rings. The molecule has 2 saturated carbocycles. The third-order valence-electron chi connectivity index (χ3n) is 6.37. The molecule has 1 heterocycles. The van der Waals surface area contributed by atoms with E-state index >= 15 is 0 Å². The summed E-state index contributed by atoms with van der Waals surface area (Å²) >= 11 is 5.94. The van der Waals surface area contributed by atoms with Gasteiger partial charge in [0.25, 0.3) is 0 Å². The number of nitrogens with zero attached hydrogens (tertiary/aromatic N) is 2. The van der Waals surface area contributed by atoms with Gasteiger partial charge in [-0.3, -0.25) is 9.69 Å². The fourth-order valence-electron chi connectivity index (χ4n) is 4.98. The molecule has 1 amide bonds. The van der Waals surface area contributed by atoms with E-state index in [4.69, 9.17) is 11.6 Å². The van der Waals surface area contributed by atoms with Crippen molar-refractivity contribution in [3.63, 3.8) is 0 Å². The van der Waals surface area contributed by atoms with Crippen LogP contribution in [0.4, 0.5) is 0 Å². The molecular weight excluding hydrogens is 320 g/mol. The molecule has 3 nitrogen and oxygen atoms in total. The quantitative estimate of drug-likeness (QED) is 0.827. The molecule has 0 aromatic heterocycles. The lowest BCUT2D eigenvalue weighted by atomic mass is 9.86. The Labute approximate surface area is 150 Å². The van der Waals surface area contributed by atoms with E-state index < -0.39 is 0 Å². The normalized spacial score (nSPS) is 30.0. The van der Waals surface area contributed by atoms with Gasteiger partial charge in [-0.05, 0) is 54.7 Å². The smallest absolute Gasteiger partial charge is 0.222 e. The van der Waals surface area contributed by atoms with Crippen LogP contribution in [0.25, 0.3) is 0 Å². The predicted molar refractivity (Wildman–Crippen MR) is 96.9 cm³/mol. The predicted octanol–water partition coefficient (Wildman–Crippen LogP) is 3.81. The van der Waals surface area contributed by atoms with Gasteiger partial charge in [0.15, 0.2) is 0 Å². The molecular formula is C20H27ClN2O. The van der Waals surface area contributed by atoms with E-state index in [2.05, 4.69) is 21.9 Å². The van der Waals surface area contributed by atoms with Crippen LogP contribution >= 0.6 is 11.6 Å². The van der Waals surface area contributed by atoms with E-state index in [1.54, 1.807) is 0 Å². The Bertz CT molecular complexity index is 580. The first-order valence-corrected chi connectivity index (χ1v) is 9.80. The van der Waals surface area contributed by atoms with E-state index in [9.17, 15) is 4.79 Å². The molecule has 3 aliphatic rings. The molecule has 4 rings (SSSR count). The summed E-state index contributed by atoms with van der Waals surface area (Å²) in [4.78, 5) is 17.2. The Hall–Kier alpha value is -1.06. The van der Waals surface area contributed by atoms with Gasteiger partial charge in [-0.25, -0.2) is 0 Å². The summed E-state index contributed by atoms with van der Waals surface area (Å²) in [6.07, 6.45) is 6.30. The number of halogens is 1. The highest BCUT2D eigenvalue weighted by Gasteiger charge is 2.40. The molecule has 1 aliphatic heterocycles. The number of amides is 1. The second kappa shape index (κ2) is 7.05. The number of rotatable bonds is 4. The lowest BCUT2D eigenvalue weighted by molar-refractivity contribution is -0.134. The van der Waals surface area contributed by atoms with Gasteiger partial charge >= 0.3 is 0 Å². The van der Waals surface area contributed by atoms with E-state index in [1.165, 1.54) is 31.2 Å². The van der Waals surface area contributed by atoms with Crippen LogP contribution in [0.1, 0.15) is 37.7 Å². The van der Waals surface area contributed by atoms with Crippen molar-refractivity contribution in [2.75, 3.05) is 26.2 Å². The summed E-state index contributed by atoms with van der Waals surface area (Å²) in [6, 6.07) is 8.09. The van der Waals surface area contributed by atoms with Crippen LogP contribution in [-0.4, -0.2) is 41.9 Å². The van der Waals surface area contributed by atoms with Crippen molar-refractivity contribution in [1.82, 2.24) is 9.80 Å². The maximum atomic E-state index is 12.6. The van der Waals surface area contributed by atoms with Crippen molar-refractivity contribution in [2.45, 2.75) is 38.6 Å². The molecule has 2 bridgehead atoms. The Kier molecular flexibility index (Phi) is 4.82. The molecule has 4 heteroatoms. The highest BCUT2D eigenvalue weighted by molar-refractivity contribution is 6.30. The minimum atomic E-state index is 0.402. The molecule has 24 heavy (non-hydrogen) atoms. The van der Waals surface area contributed by atoms with Crippen LogP contribution in [0.2, 0.25) is 5.02 Å². The molecule has 3 unspecified atom stereocenters. The monoisotopic (exact) mass is 346 g/mol. The highest BCUT2D eigenvalue weighted by Crippen LogP contribution is 2.49. The van der Waals surface area contributed by atoms with E-state index in [-0.39, 0.29) is 0 Å². The molecule has 0 radical (unpaired) electrons. The van der Waals surface area contributed by atoms with Gasteiger partial charge in [-0.15, -0.1) is 0 Å². The molecule has 0 N–H and O–H groups in total. The first-order valence-electron chi connectivity index (χ1n) is 9.42. The highest BCUT2D eigenvalue weighted by atomic mass is 35.5. The van der Waals surface area contributed by atoms with Crippen molar-refractivity contribution in [3.8, 4) is 0 Å². The zero-order chi connectivity index (χ0) is 16.5. The van der Waals surface area contributed by atoms with Crippen molar-refractivity contribution in [1.29, 1.82) is 0 Å². The summed E-state index contributed by atoms with van der Waals surface area (Å²) in [5, 5.41) is 0.787. The van der Waals surface area contributed by atoms with Gasteiger partial charge in [-0.1, -0.05) is 30.2 Å². The molecule has 0 spiro atoms. The Morgan fingerprint density at radius 1 is 1.04 bits per heavy atom.